The number of nitrogen functional groups attached to an aromatic ring is 1. The lowest BCUT2D eigenvalue weighted by Crippen LogP contribution is -2.32. The number of carbonyl (C=O) groups is 1. The molecule has 1 aromatic rings. The van der Waals surface area contributed by atoms with Crippen LogP contribution in [0.1, 0.15) is 46.5 Å². The second-order valence-corrected chi connectivity index (χ2v) is 5.68. The molecular weight excluding hydrogens is 270 g/mol. The third kappa shape index (κ3) is 6.78. The van der Waals surface area contributed by atoms with Crippen molar-refractivity contribution in [3.63, 3.8) is 0 Å². The summed E-state index contributed by atoms with van der Waals surface area (Å²) in [4.78, 5) is 18.9. The van der Waals surface area contributed by atoms with Gasteiger partial charge in [0.25, 0.3) is 0 Å². The van der Waals surface area contributed by atoms with E-state index >= 15 is 0 Å². The van der Waals surface area contributed by atoms with Crippen LogP contribution in [-0.4, -0.2) is 33.1 Å². The van der Waals surface area contributed by atoms with Gasteiger partial charge in [0.05, 0.1) is 0 Å². The Bertz CT molecular complexity index is 476. The molecule has 0 atom stereocenters. The van der Waals surface area contributed by atoms with Crippen LogP contribution in [0.3, 0.4) is 0 Å². The molecule has 0 saturated heterocycles. The molecule has 5 N–H and O–H groups in total. The third-order valence-electron chi connectivity index (χ3n) is 3.01. The van der Waals surface area contributed by atoms with Gasteiger partial charge in [0.2, 0.25) is 5.95 Å². The Balaban J connectivity index is 2.71. The molecule has 1 rings (SSSR count). The lowest BCUT2D eigenvalue weighted by atomic mass is 9.98. The Morgan fingerprint density at radius 1 is 1.38 bits per heavy atom. The minimum atomic E-state index is -0.811. The van der Waals surface area contributed by atoms with Crippen molar-refractivity contribution in [1.82, 2.24) is 9.97 Å². The zero-order valence-corrected chi connectivity index (χ0v) is 12.9. The van der Waals surface area contributed by atoms with E-state index in [1.807, 2.05) is 13.8 Å². The highest BCUT2D eigenvalue weighted by atomic mass is 16.4. The average molecular weight is 295 g/mol. The minimum absolute atomic E-state index is 0.0994. The molecule has 0 unspecified atom stereocenters. The molecule has 1 aromatic heterocycles. The molecule has 7 heteroatoms. The monoisotopic (exact) mass is 295 g/mol. The fraction of sp³-hybridized carbons (Fsp3) is 0.643. The van der Waals surface area contributed by atoms with Crippen LogP contribution in [0.25, 0.3) is 0 Å². The van der Waals surface area contributed by atoms with Crippen LogP contribution in [0.15, 0.2) is 6.07 Å². The number of rotatable bonds is 9. The predicted octanol–water partition coefficient (Wildman–Crippen LogP) is 2.33. The molecule has 0 aliphatic carbocycles. The van der Waals surface area contributed by atoms with Gasteiger partial charge in [-0.2, -0.15) is 9.97 Å². The smallest absolute Gasteiger partial charge is 0.303 e. The van der Waals surface area contributed by atoms with Gasteiger partial charge in [-0.05, 0) is 26.7 Å². The van der Waals surface area contributed by atoms with E-state index in [-0.39, 0.29) is 17.9 Å². The van der Waals surface area contributed by atoms with Crippen LogP contribution >= 0.6 is 0 Å². The summed E-state index contributed by atoms with van der Waals surface area (Å²) in [6.07, 6.45) is 2.74. The number of carboxylic acid groups (broad SMARTS) is 1. The van der Waals surface area contributed by atoms with E-state index in [4.69, 9.17) is 10.8 Å². The summed E-state index contributed by atoms with van der Waals surface area (Å²) in [7, 11) is 0. The van der Waals surface area contributed by atoms with E-state index in [0.717, 1.165) is 19.4 Å². The molecule has 21 heavy (non-hydrogen) atoms. The highest BCUT2D eigenvalue weighted by Gasteiger charge is 2.20. The van der Waals surface area contributed by atoms with Crippen LogP contribution in [-0.2, 0) is 4.79 Å². The molecule has 0 bridgehead atoms. The van der Waals surface area contributed by atoms with E-state index in [1.54, 1.807) is 6.07 Å². The fourth-order valence-corrected chi connectivity index (χ4v) is 1.84. The molecule has 7 nitrogen and oxygen atoms in total. The lowest BCUT2D eigenvalue weighted by molar-refractivity contribution is -0.137. The summed E-state index contributed by atoms with van der Waals surface area (Å²) in [6, 6.07) is 1.79. The molecule has 0 aliphatic rings. The van der Waals surface area contributed by atoms with Crippen molar-refractivity contribution in [2.75, 3.05) is 22.9 Å². The summed E-state index contributed by atoms with van der Waals surface area (Å²) in [5.41, 5.74) is 5.32. The zero-order chi connectivity index (χ0) is 15.9. The summed E-state index contributed by atoms with van der Waals surface area (Å²) in [6.45, 7) is 6.81. The largest absolute Gasteiger partial charge is 0.481 e. The number of aromatic nitrogens is 2. The van der Waals surface area contributed by atoms with Gasteiger partial charge in [-0.3, -0.25) is 4.79 Å². The fourth-order valence-electron chi connectivity index (χ4n) is 1.84. The summed E-state index contributed by atoms with van der Waals surface area (Å²) in [5.74, 6) is 0.645. The van der Waals surface area contributed by atoms with Crippen LogP contribution < -0.4 is 16.4 Å². The first-order valence-corrected chi connectivity index (χ1v) is 7.21. The van der Waals surface area contributed by atoms with Crippen molar-refractivity contribution in [3.05, 3.63) is 6.07 Å². The second-order valence-electron chi connectivity index (χ2n) is 5.68. The van der Waals surface area contributed by atoms with Crippen LogP contribution in [0.4, 0.5) is 17.6 Å². The Morgan fingerprint density at radius 3 is 2.67 bits per heavy atom. The van der Waals surface area contributed by atoms with E-state index in [1.165, 1.54) is 0 Å². The molecule has 0 amide bonds. The summed E-state index contributed by atoms with van der Waals surface area (Å²) < 4.78 is 0. The Morgan fingerprint density at radius 2 is 2.05 bits per heavy atom. The lowest BCUT2D eigenvalue weighted by Gasteiger charge is -2.26. The molecule has 0 saturated carbocycles. The predicted molar refractivity (Wildman–Crippen MR) is 84.4 cm³/mol. The topological polar surface area (TPSA) is 113 Å². The van der Waals surface area contributed by atoms with Gasteiger partial charge in [0.1, 0.15) is 11.6 Å². The Hall–Kier alpha value is -2.05. The number of aliphatic carboxylic acids is 1. The minimum Gasteiger partial charge on any atom is -0.481 e. The maximum Gasteiger partial charge on any atom is 0.303 e. The number of nitrogens with one attached hydrogen (secondary N) is 2. The van der Waals surface area contributed by atoms with Gasteiger partial charge in [-0.15, -0.1) is 0 Å². The molecule has 1 heterocycles. The second kappa shape index (κ2) is 7.66. The standard InChI is InChI=1S/C14H25N5O2/c1-4-5-8-16-10-9-11(18-13(15)17-10)19-14(2,3)7-6-12(20)21/h9H,4-8H2,1-3H3,(H,20,21)(H4,15,16,17,18,19). The van der Waals surface area contributed by atoms with E-state index in [2.05, 4.69) is 27.5 Å². The average Bonchev–Trinajstić information content (AvgIpc) is 2.35. The first kappa shape index (κ1) is 17.0. The number of nitrogens with two attached hydrogens (primary N) is 1. The first-order valence-electron chi connectivity index (χ1n) is 7.21. The Labute approximate surface area is 125 Å². The first-order chi connectivity index (χ1) is 9.82. The zero-order valence-electron chi connectivity index (χ0n) is 12.9. The van der Waals surface area contributed by atoms with Crippen molar-refractivity contribution in [2.45, 2.75) is 52.0 Å². The normalized spacial score (nSPS) is 11.2. The highest BCUT2D eigenvalue weighted by molar-refractivity contribution is 5.67. The van der Waals surface area contributed by atoms with Gasteiger partial charge in [-0.1, -0.05) is 13.3 Å². The number of unbranched alkanes of at least 4 members (excludes halogenated alkanes) is 1. The maximum atomic E-state index is 10.7. The van der Waals surface area contributed by atoms with Crippen LogP contribution in [0, 0.1) is 0 Å². The van der Waals surface area contributed by atoms with Crippen molar-refractivity contribution in [1.29, 1.82) is 0 Å². The van der Waals surface area contributed by atoms with Gasteiger partial charge in [0.15, 0.2) is 0 Å². The molecule has 0 spiro atoms. The summed E-state index contributed by atoms with van der Waals surface area (Å²) >= 11 is 0. The van der Waals surface area contributed by atoms with Gasteiger partial charge in [-0.25, -0.2) is 0 Å². The van der Waals surface area contributed by atoms with Crippen molar-refractivity contribution >= 4 is 23.6 Å². The summed E-state index contributed by atoms with van der Waals surface area (Å²) in [5, 5.41) is 15.2. The number of hydrogen-bond acceptors (Lipinski definition) is 6. The molecule has 0 aromatic carbocycles. The van der Waals surface area contributed by atoms with E-state index in [0.29, 0.717) is 18.1 Å². The third-order valence-corrected chi connectivity index (χ3v) is 3.01. The quantitative estimate of drug-likeness (QED) is 0.517. The van der Waals surface area contributed by atoms with Gasteiger partial charge in [0, 0.05) is 24.6 Å². The molecule has 0 fully saturated rings. The highest BCUT2D eigenvalue weighted by Crippen LogP contribution is 2.20. The molecule has 118 valence electrons. The SMILES string of the molecule is CCCCNc1cc(NC(C)(C)CCC(=O)O)nc(N)n1. The molecule has 0 aliphatic heterocycles. The number of nitrogens with zero attached hydrogens (tertiary/aromatic N) is 2. The number of anilines is 3. The number of hydrogen-bond donors (Lipinski definition) is 4. The van der Waals surface area contributed by atoms with E-state index in [9.17, 15) is 4.79 Å². The van der Waals surface area contributed by atoms with Crippen molar-refractivity contribution in [3.8, 4) is 0 Å². The van der Waals surface area contributed by atoms with Crippen molar-refractivity contribution < 1.29 is 9.90 Å². The van der Waals surface area contributed by atoms with Crippen molar-refractivity contribution in [2.24, 2.45) is 0 Å². The van der Waals surface area contributed by atoms with Crippen LogP contribution in [0.5, 0.6) is 0 Å². The van der Waals surface area contributed by atoms with Gasteiger partial charge < -0.3 is 21.5 Å². The maximum absolute atomic E-state index is 10.7. The van der Waals surface area contributed by atoms with E-state index < -0.39 is 5.97 Å². The number of carboxylic acids is 1. The van der Waals surface area contributed by atoms with Crippen LogP contribution in [0.2, 0.25) is 0 Å². The Kier molecular flexibility index (Phi) is 6.20. The molecular formula is C14H25N5O2. The molecule has 0 radical (unpaired) electrons. The van der Waals surface area contributed by atoms with Gasteiger partial charge >= 0.3 is 5.97 Å².